The molecule has 0 amide bonds. The molecule has 10 heavy (non-hydrogen) atoms. The molecule has 1 atom stereocenters. The summed E-state index contributed by atoms with van der Waals surface area (Å²) in [5.74, 6) is 0.600. The summed E-state index contributed by atoms with van der Waals surface area (Å²) in [6.45, 7) is 1.85. The van der Waals surface area contributed by atoms with E-state index in [4.69, 9.17) is 10.8 Å². The minimum absolute atomic E-state index is 0.169. The van der Waals surface area contributed by atoms with Gasteiger partial charge in [-0.2, -0.15) is 4.98 Å². The number of aliphatic hydroxyl groups is 1. The molecule has 0 saturated heterocycles. The summed E-state index contributed by atoms with van der Waals surface area (Å²) in [6.07, 6.45) is 0.0269. The monoisotopic (exact) mass is 142 g/mol. The number of hydrogen-bond donors (Lipinski definition) is 3. The lowest BCUT2D eigenvalue weighted by molar-refractivity contribution is 0.164. The molecule has 0 bridgehead atoms. The highest BCUT2D eigenvalue weighted by atomic mass is 16.3. The van der Waals surface area contributed by atoms with Crippen molar-refractivity contribution in [3.63, 3.8) is 0 Å². The first-order valence-corrected chi connectivity index (χ1v) is 3.10. The Morgan fingerprint density at radius 3 is 2.90 bits per heavy atom. The number of nitrogens with zero attached hydrogens (tertiary/aromatic N) is 2. The van der Waals surface area contributed by atoms with E-state index >= 15 is 0 Å². The van der Waals surface area contributed by atoms with Crippen LogP contribution in [0.4, 0.5) is 5.95 Å². The number of aromatic nitrogens is 3. The van der Waals surface area contributed by atoms with E-state index in [-0.39, 0.29) is 5.95 Å². The zero-order chi connectivity index (χ0) is 7.56. The Balaban J connectivity index is 2.74. The lowest BCUT2D eigenvalue weighted by atomic mass is 10.3. The third kappa shape index (κ3) is 1.24. The topological polar surface area (TPSA) is 87.8 Å². The second kappa shape index (κ2) is 2.66. The molecule has 1 aromatic rings. The molecule has 4 N–H and O–H groups in total. The first-order chi connectivity index (χ1) is 4.74. The molecule has 56 valence electrons. The van der Waals surface area contributed by atoms with Gasteiger partial charge in [0.2, 0.25) is 5.95 Å². The predicted octanol–water partition coefficient (Wildman–Crippen LogP) is -0.170. The van der Waals surface area contributed by atoms with E-state index in [1.165, 1.54) is 0 Å². The van der Waals surface area contributed by atoms with Crippen molar-refractivity contribution in [3.8, 4) is 0 Å². The smallest absolute Gasteiger partial charge is 0.239 e. The molecule has 0 radical (unpaired) electrons. The van der Waals surface area contributed by atoms with Crippen molar-refractivity contribution in [1.29, 1.82) is 0 Å². The van der Waals surface area contributed by atoms with Crippen molar-refractivity contribution in [2.24, 2.45) is 0 Å². The molecule has 1 unspecified atom stereocenters. The quantitative estimate of drug-likeness (QED) is 0.535. The van der Waals surface area contributed by atoms with E-state index in [0.29, 0.717) is 12.2 Å². The van der Waals surface area contributed by atoms with Gasteiger partial charge >= 0.3 is 0 Å². The lowest BCUT2D eigenvalue weighted by Crippen LogP contribution is -1.97. The first-order valence-electron chi connectivity index (χ1n) is 3.10. The molecule has 0 aliphatic heterocycles. The van der Waals surface area contributed by atoms with Crippen molar-refractivity contribution in [1.82, 2.24) is 15.2 Å². The predicted molar refractivity (Wildman–Crippen MR) is 36.0 cm³/mol. The summed E-state index contributed by atoms with van der Waals surface area (Å²) in [5, 5.41) is 15.2. The van der Waals surface area contributed by atoms with Crippen LogP contribution in [0.5, 0.6) is 0 Å². The number of rotatable bonds is 2. The Kier molecular flexibility index (Phi) is 1.86. The van der Waals surface area contributed by atoms with Gasteiger partial charge in [0.05, 0.1) is 0 Å². The van der Waals surface area contributed by atoms with Crippen LogP contribution in [-0.4, -0.2) is 20.3 Å². The summed E-state index contributed by atoms with van der Waals surface area (Å²) in [5.41, 5.74) is 5.21. The van der Waals surface area contributed by atoms with E-state index in [2.05, 4.69) is 15.2 Å². The van der Waals surface area contributed by atoms with Gasteiger partial charge in [-0.05, 0) is 6.42 Å². The van der Waals surface area contributed by atoms with Gasteiger partial charge < -0.3 is 10.8 Å². The normalized spacial score (nSPS) is 13.4. The maximum absolute atomic E-state index is 9.15. The molecule has 0 saturated carbocycles. The fourth-order valence-electron chi connectivity index (χ4n) is 0.630. The zero-order valence-electron chi connectivity index (χ0n) is 5.70. The molecule has 0 aliphatic carbocycles. The van der Waals surface area contributed by atoms with Crippen molar-refractivity contribution in [2.45, 2.75) is 19.4 Å². The van der Waals surface area contributed by atoms with E-state index in [1.54, 1.807) is 0 Å². The maximum Gasteiger partial charge on any atom is 0.239 e. The van der Waals surface area contributed by atoms with Gasteiger partial charge in [0.1, 0.15) is 6.10 Å². The number of H-pyrrole nitrogens is 1. The fourth-order valence-corrected chi connectivity index (χ4v) is 0.630. The van der Waals surface area contributed by atoms with Gasteiger partial charge in [-0.3, -0.25) is 5.10 Å². The molecular weight excluding hydrogens is 132 g/mol. The summed E-state index contributed by atoms with van der Waals surface area (Å²) in [6, 6.07) is 0. The maximum atomic E-state index is 9.15. The number of aromatic amines is 1. The molecule has 1 rings (SSSR count). The second-order valence-corrected chi connectivity index (χ2v) is 2.00. The van der Waals surface area contributed by atoms with Crippen LogP contribution in [0, 0.1) is 0 Å². The molecule has 5 heteroatoms. The molecule has 0 fully saturated rings. The summed E-state index contributed by atoms with van der Waals surface area (Å²) in [4.78, 5) is 3.74. The highest BCUT2D eigenvalue weighted by Crippen LogP contribution is 2.10. The highest BCUT2D eigenvalue weighted by Gasteiger charge is 2.08. The summed E-state index contributed by atoms with van der Waals surface area (Å²) < 4.78 is 0. The van der Waals surface area contributed by atoms with Crippen molar-refractivity contribution in [2.75, 3.05) is 5.73 Å². The fraction of sp³-hybridized carbons (Fsp3) is 0.600. The van der Waals surface area contributed by atoms with Crippen molar-refractivity contribution in [3.05, 3.63) is 5.82 Å². The Morgan fingerprint density at radius 2 is 2.50 bits per heavy atom. The van der Waals surface area contributed by atoms with Crippen LogP contribution in [0.25, 0.3) is 0 Å². The van der Waals surface area contributed by atoms with E-state index in [9.17, 15) is 0 Å². The molecule has 0 aromatic carbocycles. The van der Waals surface area contributed by atoms with Crippen LogP contribution in [0.15, 0.2) is 0 Å². The summed E-state index contributed by atoms with van der Waals surface area (Å²) >= 11 is 0. The van der Waals surface area contributed by atoms with Gasteiger partial charge in [-0.25, -0.2) is 0 Å². The SMILES string of the molecule is CCC(O)c1nc(N)n[nH]1. The molecule has 0 spiro atoms. The Bertz CT molecular complexity index is 209. The van der Waals surface area contributed by atoms with Crippen LogP contribution in [0.2, 0.25) is 0 Å². The van der Waals surface area contributed by atoms with Gasteiger partial charge in [0.25, 0.3) is 0 Å². The first kappa shape index (κ1) is 7.01. The Hall–Kier alpha value is -1.10. The third-order valence-corrected chi connectivity index (χ3v) is 1.22. The van der Waals surface area contributed by atoms with Crippen LogP contribution < -0.4 is 5.73 Å². The van der Waals surface area contributed by atoms with Crippen LogP contribution in [0.1, 0.15) is 25.3 Å². The molecule has 0 aliphatic rings. The summed E-state index contributed by atoms with van der Waals surface area (Å²) in [7, 11) is 0. The number of anilines is 1. The van der Waals surface area contributed by atoms with Gasteiger partial charge in [-0.1, -0.05) is 6.92 Å². The number of hydrogen-bond acceptors (Lipinski definition) is 4. The largest absolute Gasteiger partial charge is 0.385 e. The second-order valence-electron chi connectivity index (χ2n) is 2.00. The average Bonchev–Trinajstić information content (AvgIpc) is 2.34. The molecule has 5 nitrogen and oxygen atoms in total. The minimum Gasteiger partial charge on any atom is -0.385 e. The van der Waals surface area contributed by atoms with Crippen molar-refractivity contribution < 1.29 is 5.11 Å². The minimum atomic E-state index is -0.579. The molecule has 1 aromatic heterocycles. The third-order valence-electron chi connectivity index (χ3n) is 1.22. The Morgan fingerprint density at radius 1 is 1.80 bits per heavy atom. The Labute approximate surface area is 58.3 Å². The highest BCUT2D eigenvalue weighted by molar-refractivity contribution is 5.13. The number of nitrogen functional groups attached to an aromatic ring is 1. The van der Waals surface area contributed by atoms with Gasteiger partial charge in [-0.15, -0.1) is 5.10 Å². The van der Waals surface area contributed by atoms with E-state index < -0.39 is 6.10 Å². The standard InChI is InChI=1S/C5H10N4O/c1-2-3(10)4-7-5(6)9-8-4/h3,10H,2H2,1H3,(H3,6,7,8,9). The van der Waals surface area contributed by atoms with E-state index in [1.807, 2.05) is 6.92 Å². The van der Waals surface area contributed by atoms with Gasteiger partial charge in [0.15, 0.2) is 5.82 Å². The number of aliphatic hydroxyl groups excluding tert-OH is 1. The van der Waals surface area contributed by atoms with Gasteiger partial charge in [0, 0.05) is 0 Å². The average molecular weight is 142 g/mol. The van der Waals surface area contributed by atoms with Crippen molar-refractivity contribution >= 4 is 5.95 Å². The van der Waals surface area contributed by atoms with Crippen LogP contribution >= 0.6 is 0 Å². The lowest BCUT2D eigenvalue weighted by Gasteiger charge is -1.99. The van der Waals surface area contributed by atoms with E-state index in [0.717, 1.165) is 0 Å². The number of nitrogens with one attached hydrogen (secondary N) is 1. The zero-order valence-corrected chi connectivity index (χ0v) is 5.70. The van der Waals surface area contributed by atoms with Crippen LogP contribution in [0.3, 0.4) is 0 Å². The molecular formula is C5H10N4O. The number of nitrogens with two attached hydrogens (primary N) is 1. The van der Waals surface area contributed by atoms with Crippen LogP contribution in [-0.2, 0) is 0 Å². The molecule has 1 heterocycles.